The molecule has 1 heterocycles. The summed E-state index contributed by atoms with van der Waals surface area (Å²) in [7, 11) is -5.06. The van der Waals surface area contributed by atoms with Gasteiger partial charge in [-0.1, -0.05) is 199 Å². The molecule has 0 spiro atoms. The molecule has 1 aliphatic heterocycles. The van der Waals surface area contributed by atoms with Crippen LogP contribution in [-0.2, 0) is 38.3 Å². The summed E-state index contributed by atoms with van der Waals surface area (Å²) in [5.74, 6) is -0.409. The quantitative estimate of drug-likeness (QED) is 0.0197. The highest BCUT2D eigenvalue weighted by molar-refractivity contribution is 7.80. The normalized spacial score (nSPS) is 20.0. The van der Waals surface area contributed by atoms with Gasteiger partial charge in [0.15, 0.2) is 6.29 Å². The van der Waals surface area contributed by atoms with Gasteiger partial charge < -0.3 is 34.3 Å². The maximum atomic E-state index is 12.9. The minimum absolute atomic E-state index is 0.0347. The number of ether oxygens (including phenoxy) is 4. The second-order valence-corrected chi connectivity index (χ2v) is 18.8. The third kappa shape index (κ3) is 35.4. The molecule has 1 rings (SSSR count). The number of carbonyl (C=O) groups excluding carboxylic acids is 1. The number of allylic oxidation sites excluding steroid dienone is 4. The van der Waals surface area contributed by atoms with Gasteiger partial charge in [-0.2, -0.15) is 8.42 Å². The molecule has 1 saturated heterocycles. The van der Waals surface area contributed by atoms with Crippen molar-refractivity contribution in [1.82, 2.24) is 0 Å². The Bertz CT molecular complexity index is 1200. The Labute approximate surface area is 384 Å². The van der Waals surface area contributed by atoms with Crippen LogP contribution in [0.4, 0.5) is 0 Å². The number of aliphatic hydroxyl groups is 3. The van der Waals surface area contributed by atoms with Crippen LogP contribution in [0.15, 0.2) is 24.3 Å². The van der Waals surface area contributed by atoms with E-state index >= 15 is 0 Å². The van der Waals surface area contributed by atoms with Gasteiger partial charge >= 0.3 is 16.4 Å². The monoisotopic (exact) mass is 919 g/mol. The third-order valence-electron chi connectivity index (χ3n) is 11.8. The predicted octanol–water partition coefficient (Wildman–Crippen LogP) is 11.6. The van der Waals surface area contributed by atoms with Crippen LogP contribution < -0.4 is 0 Å². The summed E-state index contributed by atoms with van der Waals surface area (Å²) in [4.78, 5) is 12.9. The molecule has 0 aromatic carbocycles. The Morgan fingerprint density at radius 3 is 1.52 bits per heavy atom. The van der Waals surface area contributed by atoms with Gasteiger partial charge in [-0.25, -0.2) is 4.18 Å². The minimum Gasteiger partial charge on any atom is -0.457 e. The van der Waals surface area contributed by atoms with Gasteiger partial charge in [0, 0.05) is 13.0 Å². The van der Waals surface area contributed by atoms with Crippen molar-refractivity contribution in [2.24, 2.45) is 0 Å². The first-order valence-corrected chi connectivity index (χ1v) is 27.0. The zero-order valence-corrected chi connectivity index (χ0v) is 40.7. The summed E-state index contributed by atoms with van der Waals surface area (Å²) in [5, 5.41) is 30.7. The van der Waals surface area contributed by atoms with Gasteiger partial charge in [-0.15, -0.1) is 0 Å². The van der Waals surface area contributed by atoms with E-state index in [1.54, 1.807) is 0 Å². The first-order chi connectivity index (χ1) is 30.6. The number of hydrogen-bond acceptors (Lipinski definition) is 11. The fraction of sp³-hybridized carbons (Fsp3) is 0.900. The number of carbonyl (C=O) groups is 1. The predicted molar refractivity (Wildman–Crippen MR) is 253 cm³/mol. The van der Waals surface area contributed by atoms with Crippen LogP contribution in [0.25, 0.3) is 0 Å². The lowest BCUT2D eigenvalue weighted by molar-refractivity contribution is -0.301. The Hall–Kier alpha value is -1.42. The molecule has 4 N–H and O–H groups in total. The highest BCUT2D eigenvalue weighted by Gasteiger charge is 2.48. The number of aliphatic hydroxyl groups excluding tert-OH is 3. The molecule has 12 nitrogen and oxygen atoms in total. The van der Waals surface area contributed by atoms with E-state index in [0.29, 0.717) is 13.0 Å². The molecular weight excluding hydrogens is 825 g/mol. The summed E-state index contributed by atoms with van der Waals surface area (Å²) in [5.41, 5.74) is 0. The molecule has 0 aromatic heterocycles. The molecule has 6 atom stereocenters. The van der Waals surface area contributed by atoms with Crippen LogP contribution >= 0.6 is 0 Å². The van der Waals surface area contributed by atoms with E-state index in [0.717, 1.165) is 57.8 Å². The number of esters is 1. The molecule has 0 bridgehead atoms. The van der Waals surface area contributed by atoms with Gasteiger partial charge in [0.1, 0.15) is 30.5 Å². The van der Waals surface area contributed by atoms with E-state index in [-0.39, 0.29) is 19.6 Å². The number of rotatable bonds is 45. The van der Waals surface area contributed by atoms with Gasteiger partial charge in [-0.3, -0.25) is 9.35 Å². The Morgan fingerprint density at radius 1 is 0.603 bits per heavy atom. The summed E-state index contributed by atoms with van der Waals surface area (Å²) in [6.07, 6.45) is 39.2. The van der Waals surface area contributed by atoms with Crippen molar-refractivity contribution in [1.29, 1.82) is 0 Å². The maximum absolute atomic E-state index is 12.9. The van der Waals surface area contributed by atoms with E-state index in [1.807, 2.05) is 0 Å². The van der Waals surface area contributed by atoms with Crippen molar-refractivity contribution in [3.63, 3.8) is 0 Å². The minimum atomic E-state index is -5.06. The Kier molecular flexibility index (Phi) is 39.7. The molecule has 0 aliphatic carbocycles. The van der Waals surface area contributed by atoms with Gasteiger partial charge in [0.25, 0.3) is 0 Å². The topological polar surface area (TPSA) is 178 Å². The molecule has 6 unspecified atom stereocenters. The largest absolute Gasteiger partial charge is 0.457 e. The van der Waals surface area contributed by atoms with Crippen molar-refractivity contribution < 1.29 is 56.2 Å². The molecule has 1 aliphatic rings. The highest BCUT2D eigenvalue weighted by Crippen LogP contribution is 2.26. The van der Waals surface area contributed by atoms with Crippen molar-refractivity contribution in [3.05, 3.63) is 24.3 Å². The number of hydrogen-bond donors (Lipinski definition) is 4. The van der Waals surface area contributed by atoms with E-state index in [9.17, 15) is 33.1 Å². The SMILES string of the molecule is CCCCCC/C=C\C/C=C\CCCCCCCC(=O)OC(COCCCCCCCCCCCCCCCCCCCCCC)COC1OC(CO)C(O)C(OS(=O)(=O)O)C1O. The maximum Gasteiger partial charge on any atom is 0.397 e. The van der Waals surface area contributed by atoms with Crippen LogP contribution in [-0.4, -0.2) is 97.5 Å². The zero-order chi connectivity index (χ0) is 46.1. The second kappa shape index (κ2) is 42.0. The van der Waals surface area contributed by atoms with Gasteiger partial charge in [-0.05, 0) is 44.9 Å². The molecular formula is C50H94O12S. The summed E-state index contributed by atoms with van der Waals surface area (Å²) in [6, 6.07) is 0. The average molecular weight is 919 g/mol. The van der Waals surface area contributed by atoms with Gasteiger partial charge in [0.05, 0.1) is 19.8 Å². The summed E-state index contributed by atoms with van der Waals surface area (Å²) in [6.45, 7) is 4.00. The molecule has 0 aromatic rings. The third-order valence-corrected chi connectivity index (χ3v) is 12.3. The molecule has 13 heteroatoms. The first-order valence-electron chi connectivity index (χ1n) is 25.6. The molecule has 63 heavy (non-hydrogen) atoms. The summed E-state index contributed by atoms with van der Waals surface area (Å²) >= 11 is 0. The van der Waals surface area contributed by atoms with Crippen LogP contribution in [0.1, 0.15) is 226 Å². The van der Waals surface area contributed by atoms with Crippen LogP contribution in [0.3, 0.4) is 0 Å². The van der Waals surface area contributed by atoms with E-state index < -0.39 is 59.8 Å². The van der Waals surface area contributed by atoms with E-state index in [1.165, 1.54) is 141 Å². The van der Waals surface area contributed by atoms with Gasteiger partial charge in [0.2, 0.25) is 0 Å². The smallest absolute Gasteiger partial charge is 0.397 e. The Morgan fingerprint density at radius 2 is 1.05 bits per heavy atom. The average Bonchev–Trinajstić information content (AvgIpc) is 3.26. The van der Waals surface area contributed by atoms with Crippen molar-refractivity contribution in [2.75, 3.05) is 26.4 Å². The lowest BCUT2D eigenvalue weighted by Crippen LogP contribution is -2.60. The van der Waals surface area contributed by atoms with Crippen LogP contribution in [0.5, 0.6) is 0 Å². The second-order valence-electron chi connectivity index (χ2n) is 17.8. The van der Waals surface area contributed by atoms with Crippen LogP contribution in [0.2, 0.25) is 0 Å². The van der Waals surface area contributed by atoms with E-state index in [4.69, 9.17) is 18.9 Å². The fourth-order valence-corrected chi connectivity index (χ4v) is 8.45. The molecule has 0 saturated carbocycles. The van der Waals surface area contributed by atoms with Crippen molar-refractivity contribution >= 4 is 16.4 Å². The summed E-state index contributed by atoms with van der Waals surface area (Å²) < 4.78 is 59.2. The fourth-order valence-electron chi connectivity index (χ4n) is 7.94. The van der Waals surface area contributed by atoms with Crippen molar-refractivity contribution in [2.45, 2.75) is 263 Å². The zero-order valence-electron chi connectivity index (χ0n) is 39.9. The standard InChI is InChI=1S/C50H94O12S/c1-3-5-7-9-11-13-15-17-19-21-22-23-24-26-28-30-32-34-36-38-40-58-42-44(43-59-50-48(54)49(62-63(55,56)57)47(53)45(41-51)61-50)60-46(52)39-37-35-33-31-29-27-25-20-18-16-14-12-10-8-6-4-2/h14,16,20,25,44-45,47-51,53-54H,3-13,15,17-19,21-24,26-43H2,1-2H3,(H,55,56,57)/b16-14-,25-20-. The van der Waals surface area contributed by atoms with Crippen LogP contribution in [0, 0.1) is 0 Å². The Balaban J connectivity index is 2.36. The molecule has 0 radical (unpaired) electrons. The lowest BCUT2D eigenvalue weighted by atomic mass is 9.99. The molecule has 1 fully saturated rings. The van der Waals surface area contributed by atoms with E-state index in [2.05, 4.69) is 42.3 Å². The highest BCUT2D eigenvalue weighted by atomic mass is 32.3. The van der Waals surface area contributed by atoms with Crippen molar-refractivity contribution in [3.8, 4) is 0 Å². The molecule has 0 amide bonds. The first kappa shape index (κ1) is 59.6. The lowest BCUT2D eigenvalue weighted by Gasteiger charge is -2.41. The number of unbranched alkanes of at least 4 members (excludes halogenated alkanes) is 28. The molecule has 372 valence electrons.